The van der Waals surface area contributed by atoms with E-state index in [2.05, 4.69) is 6.92 Å². The van der Waals surface area contributed by atoms with Crippen LogP contribution in [0.5, 0.6) is 0 Å². The Morgan fingerprint density at radius 2 is 1.88 bits per heavy atom. The van der Waals surface area contributed by atoms with Crippen LogP contribution in [0.1, 0.15) is 58.8 Å². The molecule has 0 bridgehead atoms. The first kappa shape index (κ1) is 16.4. The van der Waals surface area contributed by atoms with Crippen LogP contribution in [-0.4, -0.2) is 28.9 Å². The summed E-state index contributed by atoms with van der Waals surface area (Å²) in [5.74, 6) is 0.199. The highest BCUT2D eigenvalue weighted by Gasteiger charge is 2.15. The van der Waals surface area contributed by atoms with Crippen LogP contribution in [0.3, 0.4) is 0 Å². The number of nitrogens with zero attached hydrogens (tertiary/aromatic N) is 1. The molecule has 1 atom stereocenters. The number of carbonyl (C=O) groups is 1. The van der Waals surface area contributed by atoms with E-state index < -0.39 is 0 Å². The van der Waals surface area contributed by atoms with Gasteiger partial charge < -0.3 is 10.6 Å². The van der Waals surface area contributed by atoms with Crippen LogP contribution < -0.4 is 5.73 Å². The fraction of sp³-hybridized carbons (Fsp3) is 0.846. The summed E-state index contributed by atoms with van der Waals surface area (Å²) < 4.78 is 0. The van der Waals surface area contributed by atoms with E-state index in [-0.39, 0.29) is 11.9 Å². The van der Waals surface area contributed by atoms with E-state index >= 15 is 0 Å². The number of unbranched alkanes of at least 4 members (excludes halogenated alkanes) is 4. The van der Waals surface area contributed by atoms with Gasteiger partial charge in [-0.2, -0.15) is 0 Å². The molecule has 4 heteroatoms. The molecule has 0 rings (SSSR count). The van der Waals surface area contributed by atoms with Crippen molar-refractivity contribution < 1.29 is 4.79 Å². The van der Waals surface area contributed by atoms with Crippen molar-refractivity contribution in [2.75, 3.05) is 7.05 Å². The lowest BCUT2D eigenvalue weighted by atomic mass is 10.1. The number of hydrogen-bond donors (Lipinski definition) is 1. The van der Waals surface area contributed by atoms with Crippen molar-refractivity contribution in [3.05, 3.63) is 0 Å². The van der Waals surface area contributed by atoms with Crippen LogP contribution >= 0.6 is 12.2 Å². The second kappa shape index (κ2) is 9.40. The topological polar surface area (TPSA) is 46.3 Å². The van der Waals surface area contributed by atoms with Crippen LogP contribution in [0.2, 0.25) is 0 Å². The summed E-state index contributed by atoms with van der Waals surface area (Å²) in [6.07, 6.45) is 7.12. The van der Waals surface area contributed by atoms with Crippen molar-refractivity contribution in [3.8, 4) is 0 Å². The molecule has 0 aliphatic heterocycles. The molecule has 0 fully saturated rings. The molecule has 0 saturated carbocycles. The minimum atomic E-state index is 0.107. The lowest BCUT2D eigenvalue weighted by molar-refractivity contribution is -0.131. The molecule has 0 aromatic rings. The zero-order valence-corrected chi connectivity index (χ0v) is 12.2. The number of carbonyl (C=O) groups excluding carboxylic acids is 1. The predicted octanol–water partition coefficient (Wildman–Crippen LogP) is 2.87. The van der Waals surface area contributed by atoms with Gasteiger partial charge in [-0.25, -0.2) is 0 Å². The van der Waals surface area contributed by atoms with Gasteiger partial charge in [-0.05, 0) is 13.3 Å². The van der Waals surface area contributed by atoms with Crippen molar-refractivity contribution in [1.82, 2.24) is 4.90 Å². The maximum atomic E-state index is 11.8. The molecule has 0 aromatic heterocycles. The largest absolute Gasteiger partial charge is 0.393 e. The summed E-state index contributed by atoms with van der Waals surface area (Å²) in [7, 11) is 1.83. The Morgan fingerprint density at radius 1 is 1.29 bits per heavy atom. The van der Waals surface area contributed by atoms with E-state index in [4.69, 9.17) is 18.0 Å². The first-order valence-corrected chi connectivity index (χ1v) is 6.93. The fourth-order valence-electron chi connectivity index (χ4n) is 1.73. The van der Waals surface area contributed by atoms with Crippen LogP contribution in [0, 0.1) is 0 Å². The average Bonchev–Trinajstić information content (AvgIpc) is 2.26. The van der Waals surface area contributed by atoms with Crippen LogP contribution in [0.15, 0.2) is 0 Å². The lowest BCUT2D eigenvalue weighted by Crippen LogP contribution is -2.37. The Bertz CT molecular complexity index is 244. The molecule has 0 heterocycles. The highest BCUT2D eigenvalue weighted by atomic mass is 32.1. The van der Waals surface area contributed by atoms with Gasteiger partial charge in [0.05, 0.1) is 4.99 Å². The number of rotatable bonds is 9. The first-order valence-electron chi connectivity index (χ1n) is 6.53. The number of nitrogens with two attached hydrogens (primary N) is 1. The van der Waals surface area contributed by atoms with Crippen molar-refractivity contribution >= 4 is 23.1 Å². The first-order chi connectivity index (χ1) is 7.99. The van der Waals surface area contributed by atoms with Gasteiger partial charge >= 0.3 is 0 Å². The van der Waals surface area contributed by atoms with Gasteiger partial charge in [-0.1, -0.05) is 44.8 Å². The second-order valence-corrected chi connectivity index (χ2v) is 5.21. The zero-order chi connectivity index (χ0) is 13.3. The maximum Gasteiger partial charge on any atom is 0.222 e. The molecular weight excluding hydrogens is 232 g/mol. The molecule has 100 valence electrons. The number of thiocarbonyl (C=S) groups is 1. The average molecular weight is 258 g/mol. The van der Waals surface area contributed by atoms with Crippen molar-refractivity contribution in [1.29, 1.82) is 0 Å². The monoisotopic (exact) mass is 258 g/mol. The predicted molar refractivity (Wildman–Crippen MR) is 77.0 cm³/mol. The van der Waals surface area contributed by atoms with E-state index in [1.807, 2.05) is 14.0 Å². The highest BCUT2D eigenvalue weighted by Crippen LogP contribution is 2.09. The van der Waals surface area contributed by atoms with Crippen LogP contribution in [0.25, 0.3) is 0 Å². The Balaban J connectivity index is 3.77. The summed E-state index contributed by atoms with van der Waals surface area (Å²) in [5, 5.41) is 0. The van der Waals surface area contributed by atoms with Crippen LogP contribution in [-0.2, 0) is 4.79 Å². The molecule has 0 aliphatic carbocycles. The quantitative estimate of drug-likeness (QED) is 0.511. The summed E-state index contributed by atoms with van der Waals surface area (Å²) in [5.41, 5.74) is 5.48. The van der Waals surface area contributed by atoms with Crippen molar-refractivity contribution in [2.45, 2.75) is 64.8 Å². The molecule has 17 heavy (non-hydrogen) atoms. The fourth-order valence-corrected chi connectivity index (χ4v) is 1.97. The van der Waals surface area contributed by atoms with E-state index in [1.165, 1.54) is 19.3 Å². The Kier molecular flexibility index (Phi) is 9.04. The number of amides is 1. The van der Waals surface area contributed by atoms with Crippen molar-refractivity contribution in [2.24, 2.45) is 5.73 Å². The van der Waals surface area contributed by atoms with Gasteiger partial charge in [0.1, 0.15) is 0 Å². The third-order valence-corrected chi connectivity index (χ3v) is 3.21. The highest BCUT2D eigenvalue weighted by molar-refractivity contribution is 7.80. The minimum Gasteiger partial charge on any atom is -0.393 e. The van der Waals surface area contributed by atoms with E-state index in [9.17, 15) is 4.79 Å². The second-order valence-electron chi connectivity index (χ2n) is 4.69. The molecule has 0 saturated heterocycles. The zero-order valence-electron chi connectivity index (χ0n) is 11.4. The molecule has 0 radical (unpaired) electrons. The SMILES string of the molecule is CCCCCCCC(=O)N(C)C(C)CC(N)=S. The third kappa shape index (κ3) is 8.13. The van der Waals surface area contributed by atoms with E-state index in [0.29, 0.717) is 17.8 Å². The molecule has 0 aromatic carbocycles. The summed E-state index contributed by atoms with van der Waals surface area (Å²) in [4.78, 5) is 14.1. The smallest absolute Gasteiger partial charge is 0.222 e. The molecule has 1 unspecified atom stereocenters. The summed E-state index contributed by atoms with van der Waals surface area (Å²) in [6.45, 7) is 4.17. The van der Waals surface area contributed by atoms with Gasteiger partial charge in [0, 0.05) is 25.9 Å². The Morgan fingerprint density at radius 3 is 2.41 bits per heavy atom. The minimum absolute atomic E-state index is 0.107. The third-order valence-electron chi connectivity index (χ3n) is 3.05. The molecule has 0 spiro atoms. The lowest BCUT2D eigenvalue weighted by Gasteiger charge is -2.24. The van der Waals surface area contributed by atoms with Crippen molar-refractivity contribution in [3.63, 3.8) is 0 Å². The molecule has 2 N–H and O–H groups in total. The summed E-state index contributed by atoms with van der Waals surface area (Å²) >= 11 is 4.85. The Hall–Kier alpha value is -0.640. The maximum absolute atomic E-state index is 11.8. The normalized spacial score (nSPS) is 12.2. The van der Waals surface area contributed by atoms with Crippen LogP contribution in [0.4, 0.5) is 0 Å². The van der Waals surface area contributed by atoms with E-state index in [1.54, 1.807) is 4.90 Å². The molecule has 3 nitrogen and oxygen atoms in total. The summed E-state index contributed by atoms with van der Waals surface area (Å²) in [6, 6.07) is 0.107. The molecule has 0 aliphatic rings. The van der Waals surface area contributed by atoms with Gasteiger partial charge in [-0.15, -0.1) is 0 Å². The van der Waals surface area contributed by atoms with Gasteiger partial charge in [0.15, 0.2) is 0 Å². The van der Waals surface area contributed by atoms with E-state index in [0.717, 1.165) is 12.8 Å². The molecule has 1 amide bonds. The van der Waals surface area contributed by atoms with Gasteiger partial charge in [0.2, 0.25) is 5.91 Å². The standard InChI is InChI=1S/C13H26N2OS/c1-4-5-6-7-8-9-13(16)15(3)11(2)10-12(14)17/h11H,4-10H2,1-3H3,(H2,14,17). The van der Waals surface area contributed by atoms with Gasteiger partial charge in [0.25, 0.3) is 0 Å². The number of hydrogen-bond acceptors (Lipinski definition) is 2. The Labute approximate surface area is 111 Å². The molecular formula is C13H26N2OS. The van der Waals surface area contributed by atoms with Gasteiger partial charge in [-0.3, -0.25) is 4.79 Å².